The second kappa shape index (κ2) is 8.19. The third-order valence-electron chi connectivity index (χ3n) is 3.86. The van der Waals surface area contributed by atoms with E-state index in [2.05, 4.69) is 5.32 Å². The van der Waals surface area contributed by atoms with Gasteiger partial charge < -0.3 is 15.0 Å². The zero-order chi connectivity index (χ0) is 16.7. The predicted octanol–water partition coefficient (Wildman–Crippen LogP) is 1.67. The number of benzene rings is 1. The summed E-state index contributed by atoms with van der Waals surface area (Å²) in [5, 5.41) is 2.84. The Morgan fingerprint density at radius 3 is 2.70 bits per heavy atom. The van der Waals surface area contributed by atoms with Crippen LogP contribution in [0, 0.1) is 0 Å². The van der Waals surface area contributed by atoms with E-state index in [-0.39, 0.29) is 23.6 Å². The van der Waals surface area contributed by atoms with Gasteiger partial charge in [0.25, 0.3) is 0 Å². The molecule has 1 atom stereocenters. The summed E-state index contributed by atoms with van der Waals surface area (Å²) >= 11 is 0. The van der Waals surface area contributed by atoms with E-state index >= 15 is 0 Å². The van der Waals surface area contributed by atoms with Crippen LogP contribution in [0.4, 0.5) is 4.79 Å². The van der Waals surface area contributed by atoms with Gasteiger partial charge >= 0.3 is 6.03 Å². The number of nitrogens with one attached hydrogen (secondary N) is 1. The molecule has 0 aromatic heterocycles. The van der Waals surface area contributed by atoms with E-state index < -0.39 is 9.84 Å². The summed E-state index contributed by atoms with van der Waals surface area (Å²) < 4.78 is 28.6. The Kier molecular flexibility index (Phi) is 6.27. The van der Waals surface area contributed by atoms with Gasteiger partial charge in [-0.15, -0.1) is 0 Å². The highest BCUT2D eigenvalue weighted by molar-refractivity contribution is 7.91. The molecule has 7 heteroatoms. The first-order valence-corrected chi connectivity index (χ1v) is 9.76. The summed E-state index contributed by atoms with van der Waals surface area (Å²) in [5.74, 6) is 1.06. The van der Waals surface area contributed by atoms with Crippen molar-refractivity contribution >= 4 is 15.9 Å². The summed E-state index contributed by atoms with van der Waals surface area (Å²) in [6.45, 7) is 3.39. The Hall–Kier alpha value is -1.76. The van der Waals surface area contributed by atoms with Crippen LogP contribution in [0.3, 0.4) is 0 Å². The maximum Gasteiger partial charge on any atom is 0.317 e. The molecule has 128 valence electrons. The van der Waals surface area contributed by atoms with Gasteiger partial charge in [0.1, 0.15) is 5.75 Å². The SMILES string of the molecule is CCN(C(=O)NCCCOc1ccccc1)C1CCS(=O)(=O)C1. The summed E-state index contributed by atoms with van der Waals surface area (Å²) in [7, 11) is -2.99. The first-order chi connectivity index (χ1) is 11.0. The number of sulfone groups is 1. The van der Waals surface area contributed by atoms with Crippen LogP contribution in [-0.2, 0) is 9.84 Å². The molecule has 0 spiro atoms. The Balaban J connectivity index is 1.69. The fraction of sp³-hybridized carbons (Fsp3) is 0.562. The smallest absolute Gasteiger partial charge is 0.317 e. The van der Waals surface area contributed by atoms with E-state index in [4.69, 9.17) is 4.74 Å². The van der Waals surface area contributed by atoms with Crippen molar-refractivity contribution in [3.05, 3.63) is 30.3 Å². The van der Waals surface area contributed by atoms with E-state index in [1.165, 1.54) is 0 Å². The molecule has 6 nitrogen and oxygen atoms in total. The highest BCUT2D eigenvalue weighted by Crippen LogP contribution is 2.17. The molecule has 1 aliphatic heterocycles. The number of nitrogens with zero attached hydrogens (tertiary/aromatic N) is 1. The number of para-hydroxylation sites is 1. The van der Waals surface area contributed by atoms with Crippen LogP contribution >= 0.6 is 0 Å². The number of hydrogen-bond donors (Lipinski definition) is 1. The van der Waals surface area contributed by atoms with Crippen LogP contribution in [0.15, 0.2) is 30.3 Å². The molecule has 0 saturated carbocycles. The quantitative estimate of drug-likeness (QED) is 0.766. The molecule has 1 unspecified atom stereocenters. The normalized spacial score (nSPS) is 19.3. The minimum atomic E-state index is -2.99. The molecule has 2 amide bonds. The Bertz CT molecular complexity index is 604. The topological polar surface area (TPSA) is 75.7 Å². The second-order valence-corrected chi connectivity index (χ2v) is 7.82. The van der Waals surface area contributed by atoms with Gasteiger partial charge in [0.15, 0.2) is 9.84 Å². The Labute approximate surface area is 137 Å². The zero-order valence-corrected chi connectivity index (χ0v) is 14.2. The lowest BCUT2D eigenvalue weighted by Gasteiger charge is -2.27. The summed E-state index contributed by atoms with van der Waals surface area (Å²) in [5.41, 5.74) is 0. The monoisotopic (exact) mass is 340 g/mol. The molecule has 1 N–H and O–H groups in total. The van der Waals surface area contributed by atoms with Crippen molar-refractivity contribution in [2.24, 2.45) is 0 Å². The average molecular weight is 340 g/mol. The maximum atomic E-state index is 12.2. The molecule has 0 aliphatic carbocycles. The minimum absolute atomic E-state index is 0.0748. The summed E-state index contributed by atoms with van der Waals surface area (Å²) in [6.07, 6.45) is 1.22. The standard InChI is InChI=1S/C16H24N2O4S/c1-2-18(14-9-12-23(20,21)13-14)16(19)17-10-6-11-22-15-7-4-3-5-8-15/h3-5,7-8,14H,2,6,9-13H2,1H3,(H,17,19). The number of amides is 2. The second-order valence-electron chi connectivity index (χ2n) is 5.59. The number of urea groups is 1. The van der Waals surface area contributed by atoms with E-state index in [0.717, 1.165) is 5.75 Å². The molecule has 1 heterocycles. The first-order valence-electron chi connectivity index (χ1n) is 7.94. The van der Waals surface area contributed by atoms with Gasteiger partial charge in [0.05, 0.1) is 18.1 Å². The van der Waals surface area contributed by atoms with E-state index in [0.29, 0.717) is 32.5 Å². The number of ether oxygens (including phenoxy) is 1. The molecule has 1 fully saturated rings. The van der Waals surface area contributed by atoms with Crippen LogP contribution in [0.5, 0.6) is 5.75 Å². The van der Waals surface area contributed by atoms with Gasteiger partial charge in [-0.25, -0.2) is 13.2 Å². The van der Waals surface area contributed by atoms with Crippen molar-refractivity contribution in [1.29, 1.82) is 0 Å². The molecule has 0 bridgehead atoms. The Morgan fingerprint density at radius 2 is 2.09 bits per heavy atom. The molecular formula is C16H24N2O4S. The van der Waals surface area contributed by atoms with Crippen molar-refractivity contribution in [2.75, 3.05) is 31.2 Å². The van der Waals surface area contributed by atoms with Crippen molar-refractivity contribution in [2.45, 2.75) is 25.8 Å². The van der Waals surface area contributed by atoms with Crippen LogP contribution < -0.4 is 10.1 Å². The Morgan fingerprint density at radius 1 is 1.35 bits per heavy atom. The molecule has 1 aliphatic rings. The average Bonchev–Trinajstić information content (AvgIpc) is 2.88. The predicted molar refractivity (Wildman–Crippen MR) is 89.4 cm³/mol. The van der Waals surface area contributed by atoms with Crippen LogP contribution in [0.1, 0.15) is 19.8 Å². The maximum absolute atomic E-state index is 12.2. The third kappa shape index (κ3) is 5.42. The molecule has 1 aromatic rings. The third-order valence-corrected chi connectivity index (χ3v) is 5.61. The number of rotatable bonds is 7. The van der Waals surface area contributed by atoms with E-state index in [1.807, 2.05) is 37.3 Å². The van der Waals surface area contributed by atoms with Gasteiger partial charge in [-0.2, -0.15) is 0 Å². The minimum Gasteiger partial charge on any atom is -0.494 e. The van der Waals surface area contributed by atoms with Gasteiger partial charge in [-0.05, 0) is 31.9 Å². The largest absolute Gasteiger partial charge is 0.494 e. The van der Waals surface area contributed by atoms with Crippen molar-refractivity contribution < 1.29 is 17.9 Å². The number of hydrogen-bond acceptors (Lipinski definition) is 4. The molecular weight excluding hydrogens is 316 g/mol. The lowest BCUT2D eigenvalue weighted by molar-refractivity contribution is 0.183. The molecule has 1 aromatic carbocycles. The molecule has 0 radical (unpaired) electrons. The number of carbonyl (C=O) groups excluding carboxylic acids is 1. The fourth-order valence-electron chi connectivity index (χ4n) is 2.66. The summed E-state index contributed by atoms with van der Waals surface area (Å²) in [6, 6.07) is 9.11. The van der Waals surface area contributed by atoms with Gasteiger partial charge in [-0.3, -0.25) is 0 Å². The van der Waals surface area contributed by atoms with Gasteiger partial charge in [0.2, 0.25) is 0 Å². The molecule has 23 heavy (non-hydrogen) atoms. The van der Waals surface area contributed by atoms with Crippen molar-refractivity contribution in [3.8, 4) is 5.75 Å². The van der Waals surface area contributed by atoms with E-state index in [9.17, 15) is 13.2 Å². The highest BCUT2D eigenvalue weighted by atomic mass is 32.2. The zero-order valence-electron chi connectivity index (χ0n) is 13.4. The fourth-order valence-corrected chi connectivity index (χ4v) is 4.40. The van der Waals surface area contributed by atoms with E-state index in [1.54, 1.807) is 4.90 Å². The lowest BCUT2D eigenvalue weighted by Crippen LogP contribution is -2.47. The van der Waals surface area contributed by atoms with Crippen molar-refractivity contribution in [3.63, 3.8) is 0 Å². The van der Waals surface area contributed by atoms with Gasteiger partial charge in [0, 0.05) is 19.1 Å². The first kappa shape index (κ1) is 17.6. The van der Waals surface area contributed by atoms with Crippen molar-refractivity contribution in [1.82, 2.24) is 10.2 Å². The lowest BCUT2D eigenvalue weighted by atomic mass is 10.2. The van der Waals surface area contributed by atoms with Crippen LogP contribution in [-0.4, -0.2) is 56.6 Å². The van der Waals surface area contributed by atoms with Crippen LogP contribution in [0.25, 0.3) is 0 Å². The highest BCUT2D eigenvalue weighted by Gasteiger charge is 2.33. The number of carbonyl (C=O) groups is 1. The molecule has 1 saturated heterocycles. The van der Waals surface area contributed by atoms with Crippen LogP contribution in [0.2, 0.25) is 0 Å². The summed E-state index contributed by atoms with van der Waals surface area (Å²) in [4.78, 5) is 13.8. The van der Waals surface area contributed by atoms with Gasteiger partial charge in [-0.1, -0.05) is 18.2 Å². The molecule has 2 rings (SSSR count).